The number of ether oxygens (including phenoxy) is 2. The van der Waals surface area contributed by atoms with Crippen LogP contribution in [0.5, 0.6) is 5.75 Å². The van der Waals surface area contributed by atoms with Crippen molar-refractivity contribution in [2.75, 3.05) is 13.7 Å². The van der Waals surface area contributed by atoms with Crippen LogP contribution in [0.3, 0.4) is 0 Å². The number of alkyl halides is 3. The van der Waals surface area contributed by atoms with Gasteiger partial charge in [-0.3, -0.25) is 20.3 Å². The van der Waals surface area contributed by atoms with Crippen LogP contribution in [-0.2, 0) is 30.7 Å². The SMILES string of the molecule is CCCOC1CCC([C@@](NCc2ccncc2)(C(=O)NO)S(=O)(=O)c2ccc(OC)cc2)CC1.O=C(O)C(F)(F)F. The Morgan fingerprint density at radius 2 is 1.61 bits per heavy atom. The number of rotatable bonds is 11. The molecule has 228 valence electrons. The Bertz CT molecular complexity index is 1220. The number of pyridine rings is 1. The number of nitrogens with one attached hydrogen (secondary N) is 2. The fourth-order valence-corrected chi connectivity index (χ4v) is 6.62. The Kier molecular flexibility index (Phi) is 12.5. The van der Waals surface area contributed by atoms with Gasteiger partial charge in [-0.15, -0.1) is 0 Å². The number of hydrogen-bond donors (Lipinski definition) is 4. The number of hydroxylamine groups is 1. The van der Waals surface area contributed by atoms with Gasteiger partial charge in [0.2, 0.25) is 14.7 Å². The fourth-order valence-electron chi connectivity index (χ4n) is 4.52. The summed E-state index contributed by atoms with van der Waals surface area (Å²) in [6.45, 7) is 2.77. The molecule has 1 heterocycles. The number of halogens is 3. The number of carbonyl (C=O) groups excluding carboxylic acids is 1. The van der Waals surface area contributed by atoms with Crippen LogP contribution in [0.2, 0.25) is 0 Å². The predicted molar refractivity (Wildman–Crippen MR) is 140 cm³/mol. The Balaban J connectivity index is 0.000000745. The van der Waals surface area contributed by atoms with Gasteiger partial charge in [0.25, 0.3) is 5.91 Å². The van der Waals surface area contributed by atoms with Gasteiger partial charge < -0.3 is 14.6 Å². The zero-order chi connectivity index (χ0) is 30.7. The second-order valence-corrected chi connectivity index (χ2v) is 11.3. The number of nitrogens with zero attached hydrogens (tertiary/aromatic N) is 1. The van der Waals surface area contributed by atoms with Gasteiger partial charge >= 0.3 is 12.1 Å². The summed E-state index contributed by atoms with van der Waals surface area (Å²) in [6.07, 6.45) is 1.17. The van der Waals surface area contributed by atoms with E-state index in [4.69, 9.17) is 19.4 Å². The van der Waals surface area contributed by atoms with E-state index in [1.807, 2.05) is 6.92 Å². The zero-order valence-electron chi connectivity index (χ0n) is 22.6. The third-order valence-corrected chi connectivity index (χ3v) is 8.99. The van der Waals surface area contributed by atoms with Crippen molar-refractivity contribution in [3.8, 4) is 5.75 Å². The van der Waals surface area contributed by atoms with Crippen molar-refractivity contribution in [2.24, 2.45) is 5.92 Å². The topological polar surface area (TPSA) is 164 Å². The standard InChI is InChI=1S/C24H33N3O6S.C2HF3O2/c1-3-16-33-21-6-4-19(5-7-21)24(23(28)27-29,26-17-18-12-14-25-15-13-18)34(30,31)22-10-8-20(32-2)9-11-22;3-2(4,5)1(6)7/h8-15,19,21,26,29H,3-7,16-17H2,1-2H3,(H,27,28);(H,6,7)/t19?,21?,24-;/m0./s1. The van der Waals surface area contributed by atoms with E-state index in [1.54, 1.807) is 30.0 Å². The summed E-state index contributed by atoms with van der Waals surface area (Å²) in [5.74, 6) is -3.85. The molecule has 1 amide bonds. The highest BCUT2D eigenvalue weighted by molar-refractivity contribution is 7.93. The van der Waals surface area contributed by atoms with Crippen molar-refractivity contribution in [2.45, 2.75) is 67.6 Å². The first-order valence-corrected chi connectivity index (χ1v) is 14.2. The summed E-state index contributed by atoms with van der Waals surface area (Å²) in [5, 5.41) is 19.9. The van der Waals surface area contributed by atoms with Crippen molar-refractivity contribution in [3.63, 3.8) is 0 Å². The highest BCUT2D eigenvalue weighted by Gasteiger charge is 2.57. The number of amides is 1. The molecule has 2 aromatic rings. The van der Waals surface area contributed by atoms with Gasteiger partial charge in [0, 0.05) is 31.5 Å². The maximum Gasteiger partial charge on any atom is 0.490 e. The summed E-state index contributed by atoms with van der Waals surface area (Å²) in [7, 11) is -2.81. The van der Waals surface area contributed by atoms with Gasteiger partial charge in [-0.2, -0.15) is 13.2 Å². The number of aliphatic carboxylic acids is 1. The maximum absolute atomic E-state index is 14.1. The summed E-state index contributed by atoms with van der Waals surface area (Å²) in [4.78, 5) is 24.0. The molecule has 0 aliphatic heterocycles. The molecule has 15 heteroatoms. The molecule has 0 bridgehead atoms. The van der Waals surface area contributed by atoms with Gasteiger partial charge in [-0.05, 0) is 74.1 Å². The highest BCUT2D eigenvalue weighted by Crippen LogP contribution is 2.41. The third kappa shape index (κ3) is 8.61. The first-order chi connectivity index (χ1) is 19.3. The van der Waals surface area contributed by atoms with Crippen molar-refractivity contribution >= 4 is 21.7 Å². The highest BCUT2D eigenvalue weighted by atomic mass is 32.2. The van der Waals surface area contributed by atoms with Gasteiger partial charge in [0.05, 0.1) is 18.1 Å². The molecule has 1 aromatic carbocycles. The number of sulfone groups is 1. The van der Waals surface area contributed by atoms with Crippen LogP contribution in [0.1, 0.15) is 44.6 Å². The quantitative estimate of drug-likeness (QED) is 0.220. The lowest BCUT2D eigenvalue weighted by molar-refractivity contribution is -0.192. The zero-order valence-corrected chi connectivity index (χ0v) is 23.4. The smallest absolute Gasteiger partial charge is 0.490 e. The number of benzene rings is 1. The first-order valence-electron chi connectivity index (χ1n) is 12.7. The Labute approximate surface area is 235 Å². The molecular weight excluding hydrogens is 571 g/mol. The normalized spacial score (nSPS) is 18.8. The van der Waals surface area contributed by atoms with E-state index in [2.05, 4.69) is 10.3 Å². The molecule has 1 atom stereocenters. The molecule has 1 aromatic heterocycles. The van der Waals surface area contributed by atoms with E-state index in [0.717, 1.165) is 12.0 Å². The monoisotopic (exact) mass is 605 g/mol. The van der Waals surface area contributed by atoms with Gasteiger partial charge in [-0.25, -0.2) is 18.7 Å². The van der Waals surface area contributed by atoms with Crippen molar-refractivity contribution < 1.29 is 51.0 Å². The lowest BCUT2D eigenvalue weighted by Gasteiger charge is -2.42. The average Bonchev–Trinajstić information content (AvgIpc) is 2.97. The van der Waals surface area contributed by atoms with Crippen LogP contribution in [0.4, 0.5) is 13.2 Å². The average molecular weight is 606 g/mol. The summed E-state index contributed by atoms with van der Waals surface area (Å²) >= 11 is 0. The molecule has 3 rings (SSSR count). The van der Waals surface area contributed by atoms with Gasteiger partial charge in [0.1, 0.15) is 5.75 Å². The van der Waals surface area contributed by atoms with E-state index in [1.165, 1.54) is 31.4 Å². The second-order valence-electron chi connectivity index (χ2n) is 9.21. The lowest BCUT2D eigenvalue weighted by Crippen LogP contribution is -2.66. The minimum absolute atomic E-state index is 0.0231. The molecule has 1 saturated carbocycles. The molecule has 0 radical (unpaired) electrons. The van der Waals surface area contributed by atoms with E-state index < -0.39 is 38.7 Å². The van der Waals surface area contributed by atoms with Crippen LogP contribution >= 0.6 is 0 Å². The summed E-state index contributed by atoms with van der Waals surface area (Å²) in [6, 6.07) is 9.38. The van der Waals surface area contributed by atoms with Crippen LogP contribution in [0.15, 0.2) is 53.7 Å². The van der Waals surface area contributed by atoms with Crippen LogP contribution in [0, 0.1) is 5.92 Å². The van der Waals surface area contributed by atoms with Crippen molar-refractivity contribution in [1.82, 2.24) is 15.8 Å². The number of carboxylic acid groups (broad SMARTS) is 1. The van der Waals surface area contributed by atoms with Crippen LogP contribution < -0.4 is 15.5 Å². The van der Waals surface area contributed by atoms with Crippen LogP contribution in [0.25, 0.3) is 0 Å². The molecule has 1 aliphatic carbocycles. The molecule has 0 saturated heterocycles. The number of carbonyl (C=O) groups is 2. The number of hydrogen-bond acceptors (Lipinski definition) is 9. The predicted octanol–water partition coefficient (Wildman–Crippen LogP) is 3.47. The third-order valence-electron chi connectivity index (χ3n) is 6.59. The van der Waals surface area contributed by atoms with Gasteiger partial charge in [-0.1, -0.05) is 6.92 Å². The van der Waals surface area contributed by atoms with E-state index in [9.17, 15) is 31.6 Å². The minimum atomic E-state index is -5.08. The number of methoxy groups -OCH3 is 1. The molecule has 1 aliphatic rings. The molecular formula is C26H34F3N3O8S. The van der Waals surface area contributed by atoms with Crippen molar-refractivity contribution in [3.05, 3.63) is 54.4 Å². The molecule has 4 N–H and O–H groups in total. The molecule has 1 fully saturated rings. The largest absolute Gasteiger partial charge is 0.497 e. The summed E-state index contributed by atoms with van der Waals surface area (Å²) in [5.41, 5.74) is 2.39. The minimum Gasteiger partial charge on any atom is -0.497 e. The van der Waals surface area contributed by atoms with Crippen molar-refractivity contribution in [1.29, 1.82) is 0 Å². The van der Waals surface area contributed by atoms with Gasteiger partial charge in [0.15, 0.2) is 0 Å². The van der Waals surface area contributed by atoms with E-state index >= 15 is 0 Å². The Morgan fingerprint density at radius 1 is 1.05 bits per heavy atom. The fraction of sp³-hybridized carbons (Fsp3) is 0.500. The van der Waals surface area contributed by atoms with Crippen LogP contribution in [-0.4, -0.2) is 66.5 Å². The van der Waals surface area contributed by atoms with E-state index in [-0.39, 0.29) is 17.5 Å². The van der Waals surface area contributed by atoms with E-state index in [0.29, 0.717) is 38.0 Å². The summed E-state index contributed by atoms with van der Waals surface area (Å²) < 4.78 is 71.0. The molecule has 11 nitrogen and oxygen atoms in total. The number of carboxylic acids is 1. The Hall–Kier alpha value is -3.27. The Morgan fingerprint density at radius 3 is 2.07 bits per heavy atom. The maximum atomic E-state index is 14.1. The molecule has 41 heavy (non-hydrogen) atoms. The number of aromatic nitrogens is 1. The molecule has 0 spiro atoms. The first kappa shape index (κ1) is 33.9. The second kappa shape index (κ2) is 15.1. The lowest BCUT2D eigenvalue weighted by atomic mass is 9.81. The molecule has 0 unspecified atom stereocenters.